The van der Waals surface area contributed by atoms with E-state index in [4.69, 9.17) is 9.47 Å². The van der Waals surface area contributed by atoms with Crippen LogP contribution in [0, 0.1) is 0 Å². The number of carbonyl (C=O) groups excluding carboxylic acids is 2. The second-order valence-electron chi connectivity index (χ2n) is 6.00. The van der Waals surface area contributed by atoms with Crippen LogP contribution in [-0.4, -0.2) is 37.4 Å². The van der Waals surface area contributed by atoms with E-state index in [2.05, 4.69) is 26.6 Å². The highest BCUT2D eigenvalue weighted by molar-refractivity contribution is 9.10. The van der Waals surface area contributed by atoms with Crippen molar-refractivity contribution in [3.63, 3.8) is 0 Å². The number of hydrogen-bond donors (Lipinski definition) is 2. The zero-order chi connectivity index (χ0) is 17.5. The van der Waals surface area contributed by atoms with Crippen molar-refractivity contribution in [3.8, 4) is 0 Å². The Bertz CT molecular complexity index is 526. The maximum absolute atomic E-state index is 12.2. The fourth-order valence-electron chi connectivity index (χ4n) is 1.71. The highest BCUT2D eigenvalue weighted by atomic mass is 79.9. The predicted molar refractivity (Wildman–Crippen MR) is 91.0 cm³/mol. The minimum Gasteiger partial charge on any atom is -0.444 e. The standard InChI is InChI=1S/C16H23BrN2O4/c1-16(2,3)23-15(21)19-13(10-22-4)14(20)18-9-11-5-7-12(17)8-6-11/h5-8,13H,9-10H2,1-4H3,(H,18,20)(H,19,21). The molecule has 2 N–H and O–H groups in total. The van der Waals surface area contributed by atoms with Crippen LogP contribution in [0.15, 0.2) is 28.7 Å². The van der Waals surface area contributed by atoms with Gasteiger partial charge in [-0.15, -0.1) is 0 Å². The van der Waals surface area contributed by atoms with Gasteiger partial charge < -0.3 is 20.1 Å². The first-order chi connectivity index (χ1) is 10.7. The summed E-state index contributed by atoms with van der Waals surface area (Å²) in [7, 11) is 1.46. The van der Waals surface area contributed by atoms with Crippen molar-refractivity contribution in [3.05, 3.63) is 34.3 Å². The monoisotopic (exact) mass is 386 g/mol. The van der Waals surface area contributed by atoms with Gasteiger partial charge in [0.25, 0.3) is 0 Å². The third kappa shape index (κ3) is 7.99. The first-order valence-corrected chi connectivity index (χ1v) is 8.01. The van der Waals surface area contributed by atoms with Gasteiger partial charge in [-0.1, -0.05) is 28.1 Å². The number of hydrogen-bond acceptors (Lipinski definition) is 4. The van der Waals surface area contributed by atoms with E-state index in [0.29, 0.717) is 6.54 Å². The van der Waals surface area contributed by atoms with Crippen molar-refractivity contribution in [1.82, 2.24) is 10.6 Å². The molecule has 7 heteroatoms. The number of nitrogens with one attached hydrogen (secondary N) is 2. The molecule has 1 aromatic carbocycles. The summed E-state index contributed by atoms with van der Waals surface area (Å²) < 4.78 is 11.1. The Morgan fingerprint density at radius 2 is 1.83 bits per heavy atom. The quantitative estimate of drug-likeness (QED) is 0.787. The van der Waals surface area contributed by atoms with Gasteiger partial charge >= 0.3 is 6.09 Å². The number of rotatable bonds is 6. The van der Waals surface area contributed by atoms with Crippen molar-refractivity contribution >= 4 is 27.9 Å². The van der Waals surface area contributed by atoms with Crippen molar-refractivity contribution in [2.75, 3.05) is 13.7 Å². The van der Waals surface area contributed by atoms with Crippen molar-refractivity contribution in [2.45, 2.75) is 39.0 Å². The molecular weight excluding hydrogens is 364 g/mol. The van der Waals surface area contributed by atoms with Gasteiger partial charge in [0.2, 0.25) is 5.91 Å². The fraction of sp³-hybridized carbons (Fsp3) is 0.500. The van der Waals surface area contributed by atoms with Gasteiger partial charge in [0.05, 0.1) is 6.61 Å². The number of ether oxygens (including phenoxy) is 2. The van der Waals surface area contributed by atoms with Crippen LogP contribution in [0.5, 0.6) is 0 Å². The first kappa shape index (κ1) is 19.4. The van der Waals surface area contributed by atoms with Crippen molar-refractivity contribution < 1.29 is 19.1 Å². The molecule has 6 nitrogen and oxygen atoms in total. The lowest BCUT2D eigenvalue weighted by Crippen LogP contribution is -2.50. The summed E-state index contributed by atoms with van der Waals surface area (Å²) in [5.74, 6) is -0.333. The van der Waals surface area contributed by atoms with Gasteiger partial charge in [0, 0.05) is 18.1 Å². The minimum absolute atomic E-state index is 0.0609. The summed E-state index contributed by atoms with van der Waals surface area (Å²) in [6.07, 6.45) is -0.654. The van der Waals surface area contributed by atoms with Crippen LogP contribution >= 0.6 is 15.9 Å². The molecule has 1 atom stereocenters. The normalized spacial score (nSPS) is 12.4. The molecule has 0 saturated heterocycles. The molecule has 0 spiro atoms. The summed E-state index contributed by atoms with van der Waals surface area (Å²) in [4.78, 5) is 24.0. The van der Waals surface area contributed by atoms with E-state index in [9.17, 15) is 9.59 Å². The molecule has 23 heavy (non-hydrogen) atoms. The molecule has 0 aliphatic rings. The van der Waals surface area contributed by atoms with E-state index in [1.165, 1.54) is 7.11 Å². The summed E-state index contributed by atoms with van der Waals surface area (Å²) in [6.45, 7) is 5.69. The average molecular weight is 387 g/mol. The number of halogens is 1. The van der Waals surface area contributed by atoms with E-state index in [1.807, 2.05) is 24.3 Å². The Labute approximate surface area is 145 Å². The van der Waals surface area contributed by atoms with Gasteiger partial charge in [-0.05, 0) is 38.5 Å². The van der Waals surface area contributed by atoms with Gasteiger partial charge in [0.1, 0.15) is 11.6 Å². The van der Waals surface area contributed by atoms with Gasteiger partial charge in [-0.3, -0.25) is 4.79 Å². The lowest BCUT2D eigenvalue weighted by molar-refractivity contribution is -0.124. The van der Waals surface area contributed by atoms with Crippen molar-refractivity contribution in [2.24, 2.45) is 0 Å². The molecule has 0 radical (unpaired) electrons. The summed E-state index contributed by atoms with van der Waals surface area (Å²) in [5, 5.41) is 5.28. The zero-order valence-corrected chi connectivity index (χ0v) is 15.4. The summed E-state index contributed by atoms with van der Waals surface area (Å²) in [6, 6.07) is 6.78. The molecule has 1 rings (SSSR count). The molecule has 0 aliphatic carbocycles. The number of amides is 2. The van der Waals surface area contributed by atoms with Crippen LogP contribution in [0.25, 0.3) is 0 Å². The first-order valence-electron chi connectivity index (χ1n) is 7.22. The van der Waals surface area contributed by atoms with E-state index in [-0.39, 0.29) is 12.5 Å². The Hall–Kier alpha value is -1.60. The number of carbonyl (C=O) groups is 2. The molecule has 1 unspecified atom stereocenters. The van der Waals surface area contributed by atoms with Gasteiger partial charge in [-0.2, -0.15) is 0 Å². The van der Waals surface area contributed by atoms with E-state index in [1.54, 1.807) is 20.8 Å². The minimum atomic E-state index is -0.815. The molecule has 2 amide bonds. The SMILES string of the molecule is COCC(NC(=O)OC(C)(C)C)C(=O)NCc1ccc(Br)cc1. The fourth-order valence-corrected chi connectivity index (χ4v) is 1.98. The summed E-state index contributed by atoms with van der Waals surface area (Å²) in [5.41, 5.74) is 0.324. The third-order valence-corrected chi connectivity index (χ3v) is 3.25. The van der Waals surface area contributed by atoms with Crippen LogP contribution in [-0.2, 0) is 20.8 Å². The van der Waals surface area contributed by atoms with Gasteiger partial charge in [-0.25, -0.2) is 4.79 Å². The predicted octanol–water partition coefficient (Wildman–Crippen LogP) is 2.61. The second-order valence-corrected chi connectivity index (χ2v) is 6.91. The number of benzene rings is 1. The third-order valence-electron chi connectivity index (χ3n) is 2.72. The highest BCUT2D eigenvalue weighted by Crippen LogP contribution is 2.10. The Balaban J connectivity index is 2.56. The maximum atomic E-state index is 12.2. The lowest BCUT2D eigenvalue weighted by atomic mass is 10.2. The zero-order valence-electron chi connectivity index (χ0n) is 13.8. The maximum Gasteiger partial charge on any atom is 0.408 e. The van der Waals surface area contributed by atoms with Gasteiger partial charge in [0.15, 0.2) is 0 Å². The van der Waals surface area contributed by atoms with Crippen LogP contribution in [0.4, 0.5) is 4.79 Å². The Morgan fingerprint density at radius 3 is 2.35 bits per heavy atom. The Kier molecular flexibility index (Phi) is 7.51. The molecule has 0 heterocycles. The molecule has 1 aromatic rings. The van der Waals surface area contributed by atoms with E-state index < -0.39 is 17.7 Å². The van der Waals surface area contributed by atoms with E-state index >= 15 is 0 Å². The molecule has 128 valence electrons. The smallest absolute Gasteiger partial charge is 0.408 e. The lowest BCUT2D eigenvalue weighted by Gasteiger charge is -2.23. The second kappa shape index (κ2) is 8.88. The topological polar surface area (TPSA) is 76.7 Å². The number of methoxy groups -OCH3 is 1. The number of alkyl carbamates (subject to hydrolysis) is 1. The largest absolute Gasteiger partial charge is 0.444 e. The average Bonchev–Trinajstić information content (AvgIpc) is 2.44. The van der Waals surface area contributed by atoms with Crippen LogP contribution in [0.2, 0.25) is 0 Å². The van der Waals surface area contributed by atoms with Crippen LogP contribution < -0.4 is 10.6 Å². The molecular formula is C16H23BrN2O4. The molecule has 0 fully saturated rings. The molecule has 0 saturated carbocycles. The van der Waals surface area contributed by atoms with E-state index in [0.717, 1.165) is 10.0 Å². The van der Waals surface area contributed by atoms with Crippen LogP contribution in [0.1, 0.15) is 26.3 Å². The molecule has 0 aliphatic heterocycles. The molecule has 0 bridgehead atoms. The highest BCUT2D eigenvalue weighted by Gasteiger charge is 2.24. The Morgan fingerprint density at radius 1 is 1.22 bits per heavy atom. The van der Waals surface area contributed by atoms with Crippen LogP contribution in [0.3, 0.4) is 0 Å². The van der Waals surface area contributed by atoms with Crippen molar-refractivity contribution in [1.29, 1.82) is 0 Å². The molecule has 0 aromatic heterocycles. The summed E-state index contributed by atoms with van der Waals surface area (Å²) >= 11 is 3.35.